The van der Waals surface area contributed by atoms with E-state index in [0.717, 1.165) is 19.4 Å². The Morgan fingerprint density at radius 1 is 1.29 bits per heavy atom. The Labute approximate surface area is 102 Å². The number of anilines is 1. The van der Waals surface area contributed by atoms with E-state index in [1.165, 1.54) is 25.7 Å². The number of rotatable bonds is 4. The fourth-order valence-corrected chi connectivity index (χ4v) is 2.45. The molecule has 1 aromatic rings. The molecule has 1 N–H and O–H groups in total. The zero-order valence-electron chi connectivity index (χ0n) is 10.7. The highest BCUT2D eigenvalue weighted by molar-refractivity contribution is 5.19. The van der Waals surface area contributed by atoms with Crippen molar-refractivity contribution in [3.05, 3.63) is 5.82 Å². The Bertz CT molecular complexity index is 343. The maximum Gasteiger partial charge on any atom is 0.321 e. The summed E-state index contributed by atoms with van der Waals surface area (Å²) < 4.78 is 10.9. The lowest BCUT2D eigenvalue weighted by Gasteiger charge is -2.27. The first-order valence-corrected chi connectivity index (χ1v) is 6.44. The molecule has 0 spiro atoms. The van der Waals surface area contributed by atoms with E-state index < -0.39 is 0 Å². The normalized spacial score (nSPS) is 19.9. The van der Waals surface area contributed by atoms with Gasteiger partial charge in [0.15, 0.2) is 0 Å². The van der Waals surface area contributed by atoms with Gasteiger partial charge in [0.05, 0.1) is 0 Å². The van der Waals surface area contributed by atoms with Gasteiger partial charge in [-0.15, -0.1) is 0 Å². The van der Waals surface area contributed by atoms with Gasteiger partial charge in [0.2, 0.25) is 5.82 Å². The summed E-state index contributed by atoms with van der Waals surface area (Å²) in [6.45, 7) is 2.78. The summed E-state index contributed by atoms with van der Waals surface area (Å²) in [5.74, 6) is 0.692. The van der Waals surface area contributed by atoms with E-state index in [-0.39, 0.29) is 5.60 Å². The number of ether oxygens (including phenoxy) is 1. The lowest BCUT2D eigenvalue weighted by atomic mass is 9.93. The summed E-state index contributed by atoms with van der Waals surface area (Å²) in [6, 6.07) is 0.489. The Balaban J connectivity index is 2.19. The molecule has 0 saturated heterocycles. The first-order chi connectivity index (χ1) is 8.30. The number of nitrogens with one attached hydrogen (secondary N) is 1. The molecule has 0 aromatic carbocycles. The van der Waals surface area contributed by atoms with Gasteiger partial charge in [0.1, 0.15) is 5.60 Å². The van der Waals surface area contributed by atoms with E-state index in [1.54, 1.807) is 7.11 Å². The van der Waals surface area contributed by atoms with Gasteiger partial charge in [-0.05, 0) is 19.8 Å². The van der Waals surface area contributed by atoms with Gasteiger partial charge in [-0.3, -0.25) is 0 Å². The van der Waals surface area contributed by atoms with E-state index in [2.05, 4.69) is 15.5 Å². The van der Waals surface area contributed by atoms with E-state index in [9.17, 15) is 0 Å². The van der Waals surface area contributed by atoms with Gasteiger partial charge in [-0.2, -0.15) is 4.98 Å². The highest BCUT2D eigenvalue weighted by Crippen LogP contribution is 2.37. The molecular formula is C12H21N3O2. The number of hydrogen-bond acceptors (Lipinski definition) is 5. The van der Waals surface area contributed by atoms with Crippen molar-refractivity contribution in [1.82, 2.24) is 10.1 Å². The topological polar surface area (TPSA) is 60.2 Å². The van der Waals surface area contributed by atoms with Crippen LogP contribution in [0.4, 0.5) is 6.01 Å². The predicted molar refractivity (Wildman–Crippen MR) is 64.9 cm³/mol. The molecule has 1 saturated carbocycles. The standard InChI is InChI=1S/C12H21N3O2/c1-3-13-11-14-10(15-17-11)12(16-2)8-6-4-5-7-9-12/h3-9H2,1-2H3,(H,13,14,15). The molecule has 5 nitrogen and oxygen atoms in total. The summed E-state index contributed by atoms with van der Waals surface area (Å²) in [6.07, 6.45) is 6.83. The van der Waals surface area contributed by atoms with Crippen molar-refractivity contribution in [2.24, 2.45) is 0 Å². The summed E-state index contributed by atoms with van der Waals surface area (Å²) in [7, 11) is 1.74. The molecule has 0 aliphatic heterocycles. The Morgan fingerprint density at radius 3 is 2.59 bits per heavy atom. The third kappa shape index (κ3) is 2.60. The van der Waals surface area contributed by atoms with Crippen molar-refractivity contribution in [1.29, 1.82) is 0 Å². The second-order valence-electron chi connectivity index (χ2n) is 4.57. The fraction of sp³-hybridized carbons (Fsp3) is 0.833. The molecular weight excluding hydrogens is 218 g/mol. The first-order valence-electron chi connectivity index (χ1n) is 6.44. The van der Waals surface area contributed by atoms with Gasteiger partial charge in [0.25, 0.3) is 0 Å². The second-order valence-corrected chi connectivity index (χ2v) is 4.57. The molecule has 17 heavy (non-hydrogen) atoms. The molecule has 0 amide bonds. The van der Waals surface area contributed by atoms with Crippen molar-refractivity contribution >= 4 is 6.01 Å². The predicted octanol–water partition coefficient (Wildman–Crippen LogP) is 2.70. The van der Waals surface area contributed by atoms with Gasteiger partial charge >= 0.3 is 6.01 Å². The molecule has 0 radical (unpaired) electrons. The number of nitrogens with zero attached hydrogens (tertiary/aromatic N) is 2. The van der Waals surface area contributed by atoms with Gasteiger partial charge in [-0.25, -0.2) is 0 Å². The Morgan fingerprint density at radius 2 is 2.00 bits per heavy atom. The van der Waals surface area contributed by atoms with Gasteiger partial charge in [0, 0.05) is 13.7 Å². The van der Waals surface area contributed by atoms with Crippen LogP contribution >= 0.6 is 0 Å². The minimum absolute atomic E-state index is 0.340. The van der Waals surface area contributed by atoms with E-state index in [0.29, 0.717) is 11.8 Å². The van der Waals surface area contributed by atoms with Crippen LogP contribution in [-0.2, 0) is 10.3 Å². The van der Waals surface area contributed by atoms with Crippen LogP contribution < -0.4 is 5.32 Å². The molecule has 1 heterocycles. The average molecular weight is 239 g/mol. The summed E-state index contributed by atoms with van der Waals surface area (Å²) in [5, 5.41) is 7.10. The van der Waals surface area contributed by atoms with Crippen molar-refractivity contribution in [3.8, 4) is 0 Å². The van der Waals surface area contributed by atoms with Crippen LogP contribution in [-0.4, -0.2) is 23.8 Å². The number of methoxy groups -OCH3 is 1. The lowest BCUT2D eigenvalue weighted by molar-refractivity contribution is -0.0365. The number of aromatic nitrogens is 2. The summed E-state index contributed by atoms with van der Waals surface area (Å²) in [5.41, 5.74) is -0.340. The largest absolute Gasteiger partial charge is 0.370 e. The average Bonchev–Trinajstić information content (AvgIpc) is 2.68. The minimum Gasteiger partial charge on any atom is -0.370 e. The van der Waals surface area contributed by atoms with Crippen molar-refractivity contribution < 1.29 is 9.26 Å². The van der Waals surface area contributed by atoms with E-state index >= 15 is 0 Å². The maximum absolute atomic E-state index is 5.72. The third-order valence-corrected chi connectivity index (χ3v) is 3.46. The highest BCUT2D eigenvalue weighted by atomic mass is 16.5. The molecule has 0 bridgehead atoms. The van der Waals surface area contributed by atoms with Crippen LogP contribution in [0.2, 0.25) is 0 Å². The molecule has 0 unspecified atom stereocenters. The van der Waals surface area contributed by atoms with Gasteiger partial charge in [-0.1, -0.05) is 30.8 Å². The SMILES string of the molecule is CCNc1nc(C2(OC)CCCCCC2)no1. The highest BCUT2D eigenvalue weighted by Gasteiger charge is 2.37. The first kappa shape index (κ1) is 12.4. The fourth-order valence-electron chi connectivity index (χ4n) is 2.45. The van der Waals surface area contributed by atoms with Crippen LogP contribution in [0.25, 0.3) is 0 Å². The second kappa shape index (κ2) is 5.49. The Kier molecular flexibility index (Phi) is 3.99. The van der Waals surface area contributed by atoms with E-state index in [4.69, 9.17) is 9.26 Å². The monoisotopic (exact) mass is 239 g/mol. The van der Waals surface area contributed by atoms with Crippen molar-refractivity contribution in [2.75, 3.05) is 19.0 Å². The molecule has 1 aliphatic carbocycles. The van der Waals surface area contributed by atoms with Crippen molar-refractivity contribution in [2.45, 2.75) is 51.0 Å². The molecule has 96 valence electrons. The van der Waals surface area contributed by atoms with Crippen LogP contribution in [0.5, 0.6) is 0 Å². The number of hydrogen-bond donors (Lipinski definition) is 1. The Hall–Kier alpha value is -1.10. The molecule has 1 fully saturated rings. The van der Waals surface area contributed by atoms with E-state index in [1.807, 2.05) is 6.92 Å². The van der Waals surface area contributed by atoms with Crippen molar-refractivity contribution in [3.63, 3.8) is 0 Å². The molecule has 2 rings (SSSR count). The molecule has 5 heteroatoms. The maximum atomic E-state index is 5.72. The van der Waals surface area contributed by atoms with Gasteiger partial charge < -0.3 is 14.6 Å². The quantitative estimate of drug-likeness (QED) is 0.818. The smallest absolute Gasteiger partial charge is 0.321 e. The zero-order valence-corrected chi connectivity index (χ0v) is 10.7. The summed E-state index contributed by atoms with van der Waals surface area (Å²) >= 11 is 0. The third-order valence-electron chi connectivity index (χ3n) is 3.46. The van der Waals surface area contributed by atoms with Crippen LogP contribution in [0.1, 0.15) is 51.3 Å². The zero-order chi connectivity index (χ0) is 12.1. The molecule has 1 aliphatic rings. The molecule has 1 aromatic heterocycles. The lowest BCUT2D eigenvalue weighted by Crippen LogP contribution is -2.29. The molecule has 0 atom stereocenters. The van der Waals surface area contributed by atoms with Crippen LogP contribution in [0, 0.1) is 0 Å². The minimum atomic E-state index is -0.340. The summed E-state index contributed by atoms with van der Waals surface area (Å²) in [4.78, 5) is 4.39. The van der Waals surface area contributed by atoms with Crippen LogP contribution in [0.3, 0.4) is 0 Å². The van der Waals surface area contributed by atoms with Crippen LogP contribution in [0.15, 0.2) is 4.52 Å².